The van der Waals surface area contributed by atoms with E-state index in [4.69, 9.17) is 0 Å². The third-order valence-corrected chi connectivity index (χ3v) is 6.41. The zero-order valence-electron chi connectivity index (χ0n) is 18.4. The normalized spacial score (nSPS) is 12.0. The van der Waals surface area contributed by atoms with Crippen molar-refractivity contribution in [2.45, 2.75) is 40.0 Å². The van der Waals surface area contributed by atoms with Gasteiger partial charge < -0.3 is 4.90 Å². The monoisotopic (exact) mass is 427 g/mol. The van der Waals surface area contributed by atoms with Gasteiger partial charge in [-0.1, -0.05) is 64.2 Å². The number of hydrogen-bond acceptors (Lipinski definition) is 4. The second-order valence-electron chi connectivity index (χ2n) is 8.39. The standard InChI is InChI=1S/C24H30FN3OS/c1-6-27(7-2)15-16-28(23-26-21-19(25)9-8-10-20(21)30-23)22(29)17-11-13-18(14-12-17)24(3,4)5/h8-14H,6-7,15-16H2,1-5H3. The number of hydrogen-bond donors (Lipinski definition) is 0. The molecule has 3 aromatic rings. The highest BCUT2D eigenvalue weighted by Gasteiger charge is 2.23. The van der Waals surface area contributed by atoms with Crippen LogP contribution >= 0.6 is 11.3 Å². The van der Waals surface area contributed by atoms with Crippen molar-refractivity contribution in [3.8, 4) is 0 Å². The van der Waals surface area contributed by atoms with Crippen molar-refractivity contribution in [1.29, 1.82) is 0 Å². The summed E-state index contributed by atoms with van der Waals surface area (Å²) in [5, 5.41) is 0.534. The van der Waals surface area contributed by atoms with Crippen molar-refractivity contribution < 1.29 is 9.18 Å². The first-order chi connectivity index (χ1) is 14.2. The number of thiazole rings is 1. The van der Waals surface area contributed by atoms with Gasteiger partial charge in [0.15, 0.2) is 5.13 Å². The quantitative estimate of drug-likeness (QED) is 0.484. The van der Waals surface area contributed by atoms with Crippen LogP contribution in [0.3, 0.4) is 0 Å². The van der Waals surface area contributed by atoms with Gasteiger partial charge in [0.1, 0.15) is 11.3 Å². The lowest BCUT2D eigenvalue weighted by atomic mass is 9.86. The Hall–Kier alpha value is -2.31. The predicted molar refractivity (Wildman–Crippen MR) is 124 cm³/mol. The first-order valence-corrected chi connectivity index (χ1v) is 11.3. The number of rotatable bonds is 7. The van der Waals surface area contributed by atoms with E-state index in [1.807, 2.05) is 30.3 Å². The molecular weight excluding hydrogens is 397 g/mol. The molecule has 0 radical (unpaired) electrons. The largest absolute Gasteiger partial charge is 0.302 e. The van der Waals surface area contributed by atoms with Gasteiger partial charge in [-0.2, -0.15) is 0 Å². The van der Waals surface area contributed by atoms with Crippen LogP contribution in [-0.4, -0.2) is 42.0 Å². The summed E-state index contributed by atoms with van der Waals surface area (Å²) in [5.41, 5.74) is 2.13. The topological polar surface area (TPSA) is 36.4 Å². The highest BCUT2D eigenvalue weighted by molar-refractivity contribution is 7.22. The molecule has 0 atom stereocenters. The Balaban J connectivity index is 1.95. The Bertz CT molecular complexity index is 1000. The van der Waals surface area contributed by atoms with Crippen molar-refractivity contribution in [2.75, 3.05) is 31.1 Å². The van der Waals surface area contributed by atoms with Crippen LogP contribution in [0.4, 0.5) is 9.52 Å². The van der Waals surface area contributed by atoms with E-state index in [0.29, 0.717) is 22.8 Å². The minimum Gasteiger partial charge on any atom is -0.302 e. The first kappa shape index (κ1) is 22.4. The van der Waals surface area contributed by atoms with E-state index in [0.717, 1.165) is 24.3 Å². The van der Waals surface area contributed by atoms with Crippen LogP contribution in [-0.2, 0) is 5.41 Å². The van der Waals surface area contributed by atoms with E-state index in [1.165, 1.54) is 23.0 Å². The molecule has 0 N–H and O–H groups in total. The van der Waals surface area contributed by atoms with Crippen LogP contribution in [0.5, 0.6) is 0 Å². The van der Waals surface area contributed by atoms with E-state index in [2.05, 4.69) is 44.5 Å². The summed E-state index contributed by atoms with van der Waals surface area (Å²) >= 11 is 1.35. The maximum atomic E-state index is 14.2. The maximum Gasteiger partial charge on any atom is 0.260 e. The molecule has 4 nitrogen and oxygen atoms in total. The van der Waals surface area contributed by atoms with Gasteiger partial charge in [-0.15, -0.1) is 0 Å². The summed E-state index contributed by atoms with van der Waals surface area (Å²) in [7, 11) is 0. The van der Waals surface area contributed by atoms with Gasteiger partial charge in [-0.3, -0.25) is 9.69 Å². The highest BCUT2D eigenvalue weighted by atomic mass is 32.1. The summed E-state index contributed by atoms with van der Waals surface area (Å²) < 4.78 is 14.9. The van der Waals surface area contributed by atoms with Crippen LogP contribution in [0, 0.1) is 5.82 Å². The average Bonchev–Trinajstić information content (AvgIpc) is 3.16. The Labute approximate surface area is 182 Å². The molecule has 0 aliphatic rings. The first-order valence-electron chi connectivity index (χ1n) is 10.4. The van der Waals surface area contributed by atoms with Crippen LogP contribution in [0.1, 0.15) is 50.5 Å². The van der Waals surface area contributed by atoms with Crippen molar-refractivity contribution in [1.82, 2.24) is 9.88 Å². The van der Waals surface area contributed by atoms with Crippen molar-refractivity contribution in [3.05, 3.63) is 59.4 Å². The molecule has 3 rings (SSSR count). The third-order valence-electron chi connectivity index (χ3n) is 5.37. The van der Waals surface area contributed by atoms with Crippen LogP contribution in [0.15, 0.2) is 42.5 Å². The Morgan fingerprint density at radius 3 is 2.27 bits per heavy atom. The van der Waals surface area contributed by atoms with Crippen molar-refractivity contribution in [2.24, 2.45) is 0 Å². The lowest BCUT2D eigenvalue weighted by molar-refractivity contribution is 0.0983. The molecule has 0 fully saturated rings. The second kappa shape index (κ2) is 9.23. The van der Waals surface area contributed by atoms with Gasteiger partial charge in [0.25, 0.3) is 5.91 Å². The Morgan fingerprint density at radius 2 is 1.70 bits per heavy atom. The number of benzene rings is 2. The lowest BCUT2D eigenvalue weighted by Crippen LogP contribution is -2.38. The molecular formula is C24H30FN3OS. The summed E-state index contributed by atoms with van der Waals surface area (Å²) in [5.74, 6) is -0.470. The number of aromatic nitrogens is 1. The molecule has 1 amide bonds. The SMILES string of the molecule is CCN(CC)CCN(C(=O)c1ccc(C(C)(C)C)cc1)c1nc2c(F)cccc2s1. The zero-order chi connectivity index (χ0) is 21.9. The molecule has 0 unspecified atom stereocenters. The molecule has 6 heteroatoms. The summed E-state index contributed by atoms with van der Waals surface area (Å²) in [6.07, 6.45) is 0. The fourth-order valence-corrected chi connectivity index (χ4v) is 4.36. The van der Waals surface area contributed by atoms with Gasteiger partial charge >= 0.3 is 0 Å². The number of likely N-dealkylation sites (N-methyl/N-ethyl adjacent to an activating group) is 1. The molecule has 0 spiro atoms. The Morgan fingerprint density at radius 1 is 1.03 bits per heavy atom. The molecule has 0 aliphatic heterocycles. The Kier molecular flexibility index (Phi) is 6.88. The number of carbonyl (C=O) groups excluding carboxylic acids is 1. The van der Waals surface area contributed by atoms with E-state index >= 15 is 0 Å². The number of amides is 1. The van der Waals surface area contributed by atoms with Gasteiger partial charge in [0, 0.05) is 18.7 Å². The van der Waals surface area contributed by atoms with Gasteiger partial charge in [-0.25, -0.2) is 9.37 Å². The summed E-state index contributed by atoms with van der Waals surface area (Å²) in [6, 6.07) is 12.7. The molecule has 0 saturated carbocycles. The molecule has 0 saturated heterocycles. The number of fused-ring (bicyclic) bond motifs is 1. The minimum atomic E-state index is -0.360. The highest BCUT2D eigenvalue weighted by Crippen LogP contribution is 2.31. The lowest BCUT2D eigenvalue weighted by Gasteiger charge is -2.25. The third kappa shape index (κ3) is 4.87. The molecule has 0 aliphatic carbocycles. The van der Waals surface area contributed by atoms with Crippen LogP contribution in [0.25, 0.3) is 10.2 Å². The van der Waals surface area contributed by atoms with E-state index in [9.17, 15) is 9.18 Å². The minimum absolute atomic E-state index is 0.0224. The molecule has 160 valence electrons. The fraction of sp³-hybridized carbons (Fsp3) is 0.417. The molecule has 30 heavy (non-hydrogen) atoms. The van der Waals surface area contributed by atoms with Crippen molar-refractivity contribution in [3.63, 3.8) is 0 Å². The number of halogens is 1. The average molecular weight is 428 g/mol. The maximum absolute atomic E-state index is 14.2. The number of carbonyl (C=O) groups is 1. The summed E-state index contributed by atoms with van der Waals surface area (Å²) in [4.78, 5) is 21.9. The number of para-hydroxylation sites is 1. The van der Waals surface area contributed by atoms with Crippen molar-refractivity contribution >= 4 is 32.6 Å². The van der Waals surface area contributed by atoms with Crippen LogP contribution < -0.4 is 4.90 Å². The van der Waals surface area contributed by atoms with E-state index in [-0.39, 0.29) is 17.1 Å². The summed E-state index contributed by atoms with van der Waals surface area (Å²) in [6.45, 7) is 13.7. The molecule has 0 bridgehead atoms. The smallest absolute Gasteiger partial charge is 0.260 e. The van der Waals surface area contributed by atoms with E-state index < -0.39 is 0 Å². The molecule has 2 aromatic carbocycles. The van der Waals surface area contributed by atoms with Gasteiger partial charge in [0.05, 0.1) is 4.70 Å². The molecule has 1 aromatic heterocycles. The van der Waals surface area contributed by atoms with Crippen LogP contribution in [0.2, 0.25) is 0 Å². The number of nitrogens with zero attached hydrogens (tertiary/aromatic N) is 3. The zero-order valence-corrected chi connectivity index (χ0v) is 19.2. The van der Waals surface area contributed by atoms with Gasteiger partial charge in [0.2, 0.25) is 0 Å². The van der Waals surface area contributed by atoms with E-state index in [1.54, 1.807) is 11.0 Å². The van der Waals surface area contributed by atoms with Gasteiger partial charge in [-0.05, 0) is 48.3 Å². The molecule has 1 heterocycles. The number of anilines is 1. The predicted octanol–water partition coefficient (Wildman–Crippen LogP) is 5.72. The second-order valence-corrected chi connectivity index (χ2v) is 9.40. The fourth-order valence-electron chi connectivity index (χ4n) is 3.35.